The Morgan fingerprint density at radius 1 is 1.27 bits per heavy atom. The molecule has 1 aromatic carbocycles. The maximum Gasteiger partial charge on any atom is 0.248 e. The van der Waals surface area contributed by atoms with Gasteiger partial charge in [0.2, 0.25) is 17.7 Å². The number of carbonyl (C=O) groups is 1. The van der Waals surface area contributed by atoms with E-state index in [-0.39, 0.29) is 11.7 Å². The van der Waals surface area contributed by atoms with Gasteiger partial charge in [-0.1, -0.05) is 18.2 Å². The van der Waals surface area contributed by atoms with Crippen molar-refractivity contribution >= 4 is 29.0 Å². The Balaban J connectivity index is 1.31. The summed E-state index contributed by atoms with van der Waals surface area (Å²) in [7, 11) is 0. The van der Waals surface area contributed by atoms with E-state index in [1.165, 1.54) is 6.07 Å². The number of benzene rings is 1. The molecule has 0 spiro atoms. The highest BCUT2D eigenvalue weighted by Crippen LogP contribution is 2.20. The molecule has 0 bridgehead atoms. The van der Waals surface area contributed by atoms with Gasteiger partial charge in [0.05, 0.1) is 0 Å². The van der Waals surface area contributed by atoms with Crippen LogP contribution in [0.3, 0.4) is 0 Å². The molecular formula is C18H18FN3O2S2. The highest BCUT2D eigenvalue weighted by molar-refractivity contribution is 7.98. The van der Waals surface area contributed by atoms with E-state index in [2.05, 4.69) is 15.5 Å². The smallest absolute Gasteiger partial charge is 0.248 e. The highest BCUT2D eigenvalue weighted by atomic mass is 32.2. The van der Waals surface area contributed by atoms with Gasteiger partial charge in [0.15, 0.2) is 0 Å². The zero-order valence-electron chi connectivity index (χ0n) is 14.0. The molecule has 3 rings (SSSR count). The van der Waals surface area contributed by atoms with Crippen molar-refractivity contribution in [2.75, 3.05) is 12.3 Å². The summed E-state index contributed by atoms with van der Waals surface area (Å²) < 4.78 is 19.0. The third kappa shape index (κ3) is 5.40. The third-order valence-electron chi connectivity index (χ3n) is 3.58. The molecule has 1 N–H and O–H groups in total. The van der Waals surface area contributed by atoms with E-state index in [0.717, 1.165) is 11.3 Å². The van der Waals surface area contributed by atoms with Crippen LogP contribution in [0.15, 0.2) is 45.5 Å². The van der Waals surface area contributed by atoms with Crippen LogP contribution in [0.25, 0.3) is 11.5 Å². The first-order valence-electron chi connectivity index (χ1n) is 8.15. The van der Waals surface area contributed by atoms with E-state index >= 15 is 0 Å². The molecule has 0 saturated heterocycles. The highest BCUT2D eigenvalue weighted by Gasteiger charge is 2.10. The molecule has 2 aromatic heterocycles. The van der Waals surface area contributed by atoms with Crippen molar-refractivity contribution in [3.63, 3.8) is 0 Å². The summed E-state index contributed by atoms with van der Waals surface area (Å²) >= 11 is 3.14. The number of rotatable bonds is 9. The van der Waals surface area contributed by atoms with Gasteiger partial charge in [-0.3, -0.25) is 4.79 Å². The van der Waals surface area contributed by atoms with Crippen molar-refractivity contribution in [1.29, 1.82) is 0 Å². The first-order chi connectivity index (χ1) is 12.7. The molecule has 0 fully saturated rings. The second-order valence-electron chi connectivity index (χ2n) is 5.51. The summed E-state index contributed by atoms with van der Waals surface area (Å²) in [5.41, 5.74) is 1.58. The molecule has 0 saturated carbocycles. The monoisotopic (exact) mass is 391 g/mol. The second-order valence-corrected chi connectivity index (χ2v) is 7.39. The molecular weight excluding hydrogens is 373 g/mol. The molecule has 0 unspecified atom stereocenters. The Bertz CT molecular complexity index is 837. The topological polar surface area (TPSA) is 68.0 Å². The predicted octanol–water partition coefficient (Wildman–Crippen LogP) is 3.92. The Hall–Kier alpha value is -2.19. The molecule has 0 aliphatic heterocycles. The fourth-order valence-corrected chi connectivity index (χ4v) is 3.70. The molecule has 5 nitrogen and oxygen atoms in total. The number of halogens is 1. The number of hydrogen-bond donors (Lipinski definition) is 1. The fourth-order valence-electron chi connectivity index (χ4n) is 2.23. The molecule has 3 aromatic rings. The average Bonchev–Trinajstić information content (AvgIpc) is 3.32. The van der Waals surface area contributed by atoms with Gasteiger partial charge in [0.1, 0.15) is 5.82 Å². The number of aryl methyl sites for hydroxylation is 1. The van der Waals surface area contributed by atoms with Crippen LogP contribution in [-0.4, -0.2) is 28.4 Å². The zero-order valence-corrected chi connectivity index (χ0v) is 15.6. The largest absolute Gasteiger partial charge is 0.421 e. The quantitative estimate of drug-likeness (QED) is 0.560. The van der Waals surface area contributed by atoms with Crippen molar-refractivity contribution in [2.24, 2.45) is 0 Å². The number of thiophene rings is 1. The van der Waals surface area contributed by atoms with Gasteiger partial charge in [-0.25, -0.2) is 4.39 Å². The SMILES string of the molecule is O=C(CCc1nnc(-c2ccsc2)o1)NCCSCc1ccccc1F. The Kier molecular flexibility index (Phi) is 6.79. The van der Waals surface area contributed by atoms with Crippen LogP contribution in [0, 0.1) is 5.82 Å². The first-order valence-corrected chi connectivity index (χ1v) is 10.2. The normalized spacial score (nSPS) is 10.8. The van der Waals surface area contributed by atoms with E-state index in [9.17, 15) is 9.18 Å². The number of nitrogens with zero attached hydrogens (tertiary/aromatic N) is 2. The molecule has 0 aliphatic carbocycles. The van der Waals surface area contributed by atoms with E-state index in [0.29, 0.717) is 42.5 Å². The fraction of sp³-hybridized carbons (Fsp3) is 0.278. The van der Waals surface area contributed by atoms with Crippen LogP contribution in [0.1, 0.15) is 17.9 Å². The lowest BCUT2D eigenvalue weighted by Crippen LogP contribution is -2.26. The van der Waals surface area contributed by atoms with Gasteiger partial charge < -0.3 is 9.73 Å². The third-order valence-corrected chi connectivity index (χ3v) is 5.28. The number of nitrogens with one attached hydrogen (secondary N) is 1. The summed E-state index contributed by atoms with van der Waals surface area (Å²) in [6, 6.07) is 8.64. The number of hydrogen-bond acceptors (Lipinski definition) is 6. The van der Waals surface area contributed by atoms with Crippen LogP contribution in [0.4, 0.5) is 4.39 Å². The van der Waals surface area contributed by atoms with E-state index in [4.69, 9.17) is 4.42 Å². The standard InChI is InChI=1S/C18H18FN3O2S2/c19-15-4-2-1-3-13(15)11-26-10-8-20-16(23)5-6-17-21-22-18(24-17)14-7-9-25-12-14/h1-4,7,9,12H,5-6,8,10-11H2,(H,20,23). The second kappa shape index (κ2) is 9.49. The molecule has 8 heteroatoms. The van der Waals surface area contributed by atoms with Crippen molar-refractivity contribution in [2.45, 2.75) is 18.6 Å². The van der Waals surface area contributed by atoms with Crippen molar-refractivity contribution in [3.8, 4) is 11.5 Å². The van der Waals surface area contributed by atoms with E-state index < -0.39 is 0 Å². The lowest BCUT2D eigenvalue weighted by atomic mass is 10.2. The molecule has 0 atom stereocenters. The lowest BCUT2D eigenvalue weighted by Gasteiger charge is -2.05. The summed E-state index contributed by atoms with van der Waals surface area (Å²) in [5, 5.41) is 14.7. The van der Waals surface area contributed by atoms with Crippen LogP contribution in [-0.2, 0) is 17.0 Å². The number of amides is 1. The van der Waals surface area contributed by atoms with Gasteiger partial charge in [-0.2, -0.15) is 23.1 Å². The minimum atomic E-state index is -0.189. The minimum Gasteiger partial charge on any atom is -0.421 e. The minimum absolute atomic E-state index is 0.0632. The van der Waals surface area contributed by atoms with Gasteiger partial charge in [-0.05, 0) is 23.1 Å². The van der Waals surface area contributed by atoms with E-state index in [1.54, 1.807) is 35.2 Å². The molecule has 0 radical (unpaired) electrons. The van der Waals surface area contributed by atoms with Crippen LogP contribution in [0.2, 0.25) is 0 Å². The first kappa shape index (κ1) is 18.6. The van der Waals surface area contributed by atoms with Crippen molar-refractivity contribution < 1.29 is 13.6 Å². The number of carbonyl (C=O) groups excluding carboxylic acids is 1. The van der Waals surface area contributed by atoms with Crippen LogP contribution >= 0.6 is 23.1 Å². The van der Waals surface area contributed by atoms with Crippen LogP contribution in [0.5, 0.6) is 0 Å². The average molecular weight is 391 g/mol. The predicted molar refractivity (Wildman–Crippen MR) is 102 cm³/mol. The Morgan fingerprint density at radius 2 is 2.15 bits per heavy atom. The van der Waals surface area contributed by atoms with Gasteiger partial charge in [0, 0.05) is 41.8 Å². The van der Waals surface area contributed by atoms with Gasteiger partial charge in [0.25, 0.3) is 0 Å². The Labute approximate surface area is 159 Å². The molecule has 0 aliphatic rings. The van der Waals surface area contributed by atoms with Crippen molar-refractivity contribution in [3.05, 3.63) is 58.4 Å². The summed E-state index contributed by atoms with van der Waals surface area (Å²) in [5.74, 6) is 2.00. The summed E-state index contributed by atoms with van der Waals surface area (Å²) in [4.78, 5) is 11.9. The number of aromatic nitrogens is 2. The van der Waals surface area contributed by atoms with Gasteiger partial charge in [-0.15, -0.1) is 10.2 Å². The zero-order chi connectivity index (χ0) is 18.2. The molecule has 26 heavy (non-hydrogen) atoms. The summed E-state index contributed by atoms with van der Waals surface area (Å²) in [6.45, 7) is 0.544. The lowest BCUT2D eigenvalue weighted by molar-refractivity contribution is -0.121. The Morgan fingerprint density at radius 3 is 2.96 bits per heavy atom. The maximum atomic E-state index is 13.5. The van der Waals surface area contributed by atoms with E-state index in [1.807, 2.05) is 22.9 Å². The summed E-state index contributed by atoms with van der Waals surface area (Å²) in [6.07, 6.45) is 0.703. The van der Waals surface area contributed by atoms with Gasteiger partial charge >= 0.3 is 0 Å². The van der Waals surface area contributed by atoms with Crippen LogP contribution < -0.4 is 5.32 Å². The number of thioether (sulfide) groups is 1. The maximum absolute atomic E-state index is 13.5. The molecule has 2 heterocycles. The molecule has 136 valence electrons. The van der Waals surface area contributed by atoms with Crippen molar-refractivity contribution in [1.82, 2.24) is 15.5 Å². The molecule has 1 amide bonds.